The van der Waals surface area contributed by atoms with Gasteiger partial charge in [0.2, 0.25) is 0 Å². The molecule has 0 saturated carbocycles. The topological polar surface area (TPSA) is 46.5 Å². The number of esters is 1. The molecule has 0 heterocycles. The van der Waals surface area contributed by atoms with Gasteiger partial charge in [0.05, 0.1) is 0 Å². The van der Waals surface area contributed by atoms with E-state index in [4.69, 9.17) is 4.74 Å². The van der Waals surface area contributed by atoms with Gasteiger partial charge in [0.15, 0.2) is 0 Å². The lowest BCUT2D eigenvalue weighted by Gasteiger charge is -2.27. The highest BCUT2D eigenvalue weighted by Gasteiger charge is 2.27. The van der Waals surface area contributed by atoms with Gasteiger partial charge >= 0.3 is 5.97 Å². The second-order valence-corrected chi connectivity index (χ2v) is 9.36. The highest BCUT2D eigenvalue weighted by molar-refractivity contribution is 5.72. The van der Waals surface area contributed by atoms with Crippen molar-refractivity contribution in [3.05, 3.63) is 23.3 Å². The van der Waals surface area contributed by atoms with Crippen molar-refractivity contribution in [2.75, 3.05) is 0 Å². The Kier molecular flexibility index (Phi) is 8.17. The molecule has 0 spiro atoms. The van der Waals surface area contributed by atoms with Gasteiger partial charge in [-0.2, -0.15) is 0 Å². The summed E-state index contributed by atoms with van der Waals surface area (Å²) < 4.78 is 5.62. The van der Waals surface area contributed by atoms with Crippen molar-refractivity contribution in [1.29, 1.82) is 0 Å². The number of hydrogen-bond acceptors (Lipinski definition) is 3. The van der Waals surface area contributed by atoms with Crippen LogP contribution in [-0.4, -0.2) is 11.1 Å². The number of benzene rings is 1. The summed E-state index contributed by atoms with van der Waals surface area (Å²) in [7, 11) is 0. The number of carbonyl (C=O) groups excluding carboxylic acids is 1. The van der Waals surface area contributed by atoms with Gasteiger partial charge < -0.3 is 9.84 Å². The highest BCUT2D eigenvalue weighted by atomic mass is 16.5. The van der Waals surface area contributed by atoms with Gasteiger partial charge in [0, 0.05) is 17.5 Å². The number of hydrogen-bond donors (Lipinski definition) is 1. The molecule has 0 bridgehead atoms. The maximum absolute atomic E-state index is 12.2. The molecule has 3 nitrogen and oxygen atoms in total. The first-order chi connectivity index (χ1) is 12.0. The molecule has 0 saturated heterocycles. The molecule has 1 N–H and O–H groups in total. The van der Waals surface area contributed by atoms with Crippen LogP contribution >= 0.6 is 0 Å². The molecular formula is C23H38O3. The molecule has 1 aromatic rings. The van der Waals surface area contributed by atoms with Gasteiger partial charge in [-0.15, -0.1) is 0 Å². The minimum absolute atomic E-state index is 0.189. The molecular weight excluding hydrogens is 324 g/mol. The lowest BCUT2D eigenvalue weighted by molar-refractivity contribution is -0.134. The first kappa shape index (κ1) is 22.5. The Labute approximate surface area is 160 Å². The van der Waals surface area contributed by atoms with Gasteiger partial charge in [-0.3, -0.25) is 4.79 Å². The van der Waals surface area contributed by atoms with Gasteiger partial charge in [0.1, 0.15) is 11.5 Å². The quantitative estimate of drug-likeness (QED) is 0.320. The Morgan fingerprint density at radius 1 is 0.885 bits per heavy atom. The monoisotopic (exact) mass is 362 g/mol. The molecule has 3 heteroatoms. The number of aromatic hydroxyl groups is 1. The summed E-state index contributed by atoms with van der Waals surface area (Å²) in [5.41, 5.74) is 1.16. The van der Waals surface area contributed by atoms with Crippen LogP contribution in [0.4, 0.5) is 0 Å². The molecule has 0 aliphatic rings. The molecule has 0 aliphatic heterocycles. The lowest BCUT2D eigenvalue weighted by Crippen LogP contribution is -2.18. The third kappa shape index (κ3) is 7.01. The smallest absolute Gasteiger partial charge is 0.311 e. The fraction of sp³-hybridized carbons (Fsp3) is 0.696. The summed E-state index contributed by atoms with van der Waals surface area (Å²) >= 11 is 0. The molecule has 0 radical (unpaired) electrons. The summed E-state index contributed by atoms with van der Waals surface area (Å²) in [6.07, 6.45) is 7.32. The first-order valence-electron chi connectivity index (χ1n) is 10.1. The Hall–Kier alpha value is -1.51. The number of phenolic OH excluding ortho intramolecular Hbond substituents is 1. The van der Waals surface area contributed by atoms with Crippen LogP contribution in [0.2, 0.25) is 0 Å². The minimum Gasteiger partial charge on any atom is -0.507 e. The number of rotatable bonds is 8. The third-order valence-corrected chi connectivity index (χ3v) is 4.67. The number of ether oxygens (including phenoxy) is 1. The van der Waals surface area contributed by atoms with Crippen molar-refractivity contribution < 1.29 is 14.6 Å². The summed E-state index contributed by atoms with van der Waals surface area (Å²) in [4.78, 5) is 12.2. The molecule has 0 aliphatic carbocycles. The lowest BCUT2D eigenvalue weighted by atomic mass is 9.79. The van der Waals surface area contributed by atoms with Crippen LogP contribution in [0.15, 0.2) is 12.1 Å². The van der Waals surface area contributed by atoms with Crippen molar-refractivity contribution in [1.82, 2.24) is 0 Å². The number of unbranched alkanes of at least 4 members (excludes halogenated alkanes) is 5. The van der Waals surface area contributed by atoms with E-state index in [-0.39, 0.29) is 16.8 Å². The predicted molar refractivity (Wildman–Crippen MR) is 109 cm³/mol. The molecule has 148 valence electrons. The second kappa shape index (κ2) is 9.43. The Morgan fingerprint density at radius 2 is 1.35 bits per heavy atom. The number of phenols is 1. The van der Waals surface area contributed by atoms with Gasteiger partial charge in [-0.25, -0.2) is 0 Å². The van der Waals surface area contributed by atoms with Gasteiger partial charge in [-0.05, 0) is 29.4 Å². The Balaban J connectivity index is 2.84. The molecule has 0 atom stereocenters. The normalized spacial score (nSPS) is 12.3. The molecule has 1 rings (SSSR count). The van der Waals surface area contributed by atoms with E-state index in [2.05, 4.69) is 48.5 Å². The van der Waals surface area contributed by atoms with Crippen LogP contribution in [0, 0.1) is 0 Å². The van der Waals surface area contributed by atoms with Crippen LogP contribution in [0.1, 0.15) is 105 Å². The third-order valence-electron chi connectivity index (χ3n) is 4.67. The SMILES string of the molecule is CCCCCCCCC(=O)Oc1cc(C(C)(C)C)c(O)c(C(C)(C)C)c1. The number of carbonyl (C=O) groups is 1. The van der Waals surface area contributed by atoms with Gasteiger partial charge in [0.25, 0.3) is 0 Å². The molecule has 26 heavy (non-hydrogen) atoms. The average molecular weight is 363 g/mol. The first-order valence-corrected chi connectivity index (χ1v) is 10.1. The molecule has 0 unspecified atom stereocenters. The molecule has 0 amide bonds. The van der Waals surface area contributed by atoms with E-state index in [0.29, 0.717) is 17.9 Å². The zero-order valence-corrected chi connectivity index (χ0v) is 17.9. The fourth-order valence-corrected chi connectivity index (χ4v) is 3.04. The maximum Gasteiger partial charge on any atom is 0.311 e. The van der Waals surface area contributed by atoms with E-state index in [1.165, 1.54) is 25.7 Å². The largest absolute Gasteiger partial charge is 0.507 e. The fourth-order valence-electron chi connectivity index (χ4n) is 3.04. The standard InChI is InChI=1S/C23H38O3/c1-8-9-10-11-12-13-14-20(24)26-17-15-18(22(2,3)4)21(25)19(16-17)23(5,6)7/h15-16,25H,8-14H2,1-7H3. The van der Waals surface area contributed by atoms with Crippen LogP contribution in [0.5, 0.6) is 11.5 Å². The summed E-state index contributed by atoms with van der Waals surface area (Å²) in [6.45, 7) is 14.5. The molecule has 0 fully saturated rings. The second-order valence-electron chi connectivity index (χ2n) is 9.36. The van der Waals surface area contributed by atoms with Gasteiger partial charge in [-0.1, -0.05) is 80.6 Å². The van der Waals surface area contributed by atoms with E-state index in [9.17, 15) is 9.90 Å². The van der Waals surface area contributed by atoms with E-state index < -0.39 is 0 Å². The van der Waals surface area contributed by atoms with Crippen LogP contribution < -0.4 is 4.74 Å². The van der Waals surface area contributed by atoms with Crippen molar-refractivity contribution in [2.24, 2.45) is 0 Å². The minimum atomic E-state index is -0.230. The van der Waals surface area contributed by atoms with Crippen molar-refractivity contribution in [3.63, 3.8) is 0 Å². The van der Waals surface area contributed by atoms with Crippen molar-refractivity contribution >= 4 is 5.97 Å². The summed E-state index contributed by atoms with van der Waals surface area (Å²) in [5, 5.41) is 10.7. The van der Waals surface area contributed by atoms with Crippen molar-refractivity contribution in [2.45, 2.75) is 104 Å². The molecule has 0 aromatic heterocycles. The maximum atomic E-state index is 12.2. The zero-order chi connectivity index (χ0) is 20.0. The highest BCUT2D eigenvalue weighted by Crippen LogP contribution is 2.41. The van der Waals surface area contributed by atoms with Crippen LogP contribution in [0.25, 0.3) is 0 Å². The molecule has 1 aromatic carbocycles. The zero-order valence-electron chi connectivity index (χ0n) is 17.9. The average Bonchev–Trinajstić information content (AvgIpc) is 2.50. The van der Waals surface area contributed by atoms with E-state index >= 15 is 0 Å². The summed E-state index contributed by atoms with van der Waals surface area (Å²) in [5.74, 6) is 0.653. The van der Waals surface area contributed by atoms with E-state index in [1.54, 1.807) is 0 Å². The predicted octanol–water partition coefficient (Wildman–Crippen LogP) is 6.64. The van der Waals surface area contributed by atoms with E-state index in [0.717, 1.165) is 24.0 Å². The Morgan fingerprint density at radius 3 is 1.81 bits per heavy atom. The van der Waals surface area contributed by atoms with E-state index in [1.807, 2.05) is 12.1 Å². The summed E-state index contributed by atoms with van der Waals surface area (Å²) in [6, 6.07) is 3.62. The van der Waals surface area contributed by atoms with Crippen LogP contribution in [-0.2, 0) is 15.6 Å². The Bertz CT molecular complexity index is 553. The van der Waals surface area contributed by atoms with Crippen molar-refractivity contribution in [3.8, 4) is 11.5 Å². The van der Waals surface area contributed by atoms with Crippen LogP contribution in [0.3, 0.4) is 0 Å².